The zero-order valence-electron chi connectivity index (χ0n) is 12.1. The molecule has 0 aliphatic carbocycles. The van der Waals surface area contributed by atoms with Crippen molar-refractivity contribution in [2.45, 2.75) is 13.3 Å². The van der Waals surface area contributed by atoms with Crippen molar-refractivity contribution in [2.24, 2.45) is 0 Å². The van der Waals surface area contributed by atoms with E-state index in [0.717, 1.165) is 6.42 Å². The highest BCUT2D eigenvalue weighted by atomic mass is 35.5. The minimum absolute atomic E-state index is 0.0957. The third kappa shape index (κ3) is 6.80. The minimum Gasteiger partial charge on any atom is -0.355 e. The lowest BCUT2D eigenvalue weighted by atomic mass is 10.3. The summed E-state index contributed by atoms with van der Waals surface area (Å²) >= 11 is 11.8. The van der Waals surface area contributed by atoms with Gasteiger partial charge in [0, 0.05) is 11.6 Å². The number of hydrogen-bond acceptors (Lipinski definition) is 3. The normalized spacial score (nSPS) is 10.5. The van der Waals surface area contributed by atoms with Gasteiger partial charge in [-0.25, -0.2) is 0 Å². The largest absolute Gasteiger partial charge is 0.355 e. The molecule has 0 bridgehead atoms. The van der Waals surface area contributed by atoms with Crippen molar-refractivity contribution >= 4 is 40.7 Å². The van der Waals surface area contributed by atoms with Gasteiger partial charge in [0.15, 0.2) is 0 Å². The summed E-state index contributed by atoms with van der Waals surface area (Å²) < 4.78 is 0. The third-order valence-corrected chi connectivity index (χ3v) is 3.15. The first-order valence-corrected chi connectivity index (χ1v) is 7.38. The second kappa shape index (κ2) is 8.87. The van der Waals surface area contributed by atoms with Gasteiger partial charge in [-0.2, -0.15) is 0 Å². The second-order valence-corrected chi connectivity index (χ2v) is 5.54. The van der Waals surface area contributed by atoms with Crippen molar-refractivity contribution < 1.29 is 9.59 Å². The Bertz CT molecular complexity index is 509. The molecule has 0 unspecified atom stereocenters. The SMILES string of the molecule is CCCNC(=O)CN(C)CC(=O)Nc1ccc(Cl)cc1Cl. The molecule has 0 radical (unpaired) electrons. The fraction of sp³-hybridized carbons (Fsp3) is 0.429. The van der Waals surface area contributed by atoms with E-state index in [9.17, 15) is 9.59 Å². The highest BCUT2D eigenvalue weighted by Crippen LogP contribution is 2.25. The summed E-state index contributed by atoms with van der Waals surface area (Å²) in [4.78, 5) is 25.0. The molecule has 5 nitrogen and oxygen atoms in total. The van der Waals surface area contributed by atoms with Crippen LogP contribution >= 0.6 is 23.2 Å². The molecular weight excluding hydrogens is 313 g/mol. The molecule has 1 aromatic carbocycles. The summed E-state index contributed by atoms with van der Waals surface area (Å²) in [6.07, 6.45) is 0.880. The number of benzene rings is 1. The average molecular weight is 332 g/mol. The molecule has 0 aliphatic rings. The summed E-state index contributed by atoms with van der Waals surface area (Å²) in [5.74, 6) is -0.346. The predicted octanol–water partition coefficient (Wildman–Crippen LogP) is 2.39. The Balaban J connectivity index is 2.44. The van der Waals surface area contributed by atoms with E-state index in [1.807, 2.05) is 6.92 Å². The number of nitrogens with zero attached hydrogens (tertiary/aromatic N) is 1. The van der Waals surface area contributed by atoms with Gasteiger partial charge >= 0.3 is 0 Å². The van der Waals surface area contributed by atoms with Crippen molar-refractivity contribution in [2.75, 3.05) is 32.0 Å². The van der Waals surface area contributed by atoms with E-state index in [4.69, 9.17) is 23.2 Å². The number of nitrogens with one attached hydrogen (secondary N) is 2. The molecule has 2 amide bonds. The summed E-state index contributed by atoms with van der Waals surface area (Å²) in [7, 11) is 1.70. The molecule has 7 heteroatoms. The Morgan fingerprint density at radius 1 is 1.19 bits per heavy atom. The predicted molar refractivity (Wildman–Crippen MR) is 85.9 cm³/mol. The maximum absolute atomic E-state index is 11.9. The quantitative estimate of drug-likeness (QED) is 0.806. The van der Waals surface area contributed by atoms with Gasteiger partial charge < -0.3 is 10.6 Å². The van der Waals surface area contributed by atoms with E-state index < -0.39 is 0 Å². The summed E-state index contributed by atoms with van der Waals surface area (Å²) in [6.45, 7) is 2.88. The summed E-state index contributed by atoms with van der Waals surface area (Å²) in [5.41, 5.74) is 0.495. The fourth-order valence-corrected chi connectivity index (χ4v) is 2.10. The van der Waals surface area contributed by atoms with E-state index in [1.54, 1.807) is 30.1 Å². The van der Waals surface area contributed by atoms with E-state index >= 15 is 0 Å². The van der Waals surface area contributed by atoms with E-state index in [-0.39, 0.29) is 24.9 Å². The zero-order valence-corrected chi connectivity index (χ0v) is 13.6. The number of carbonyl (C=O) groups is 2. The molecule has 0 fully saturated rings. The van der Waals surface area contributed by atoms with Crippen molar-refractivity contribution in [1.29, 1.82) is 0 Å². The van der Waals surface area contributed by atoms with Crippen molar-refractivity contribution in [3.05, 3.63) is 28.2 Å². The lowest BCUT2D eigenvalue weighted by Gasteiger charge is -2.16. The molecule has 0 atom stereocenters. The third-order valence-electron chi connectivity index (χ3n) is 2.60. The van der Waals surface area contributed by atoms with Crippen LogP contribution in [0.5, 0.6) is 0 Å². The van der Waals surface area contributed by atoms with Crippen LogP contribution in [0.25, 0.3) is 0 Å². The zero-order chi connectivity index (χ0) is 15.8. The van der Waals surface area contributed by atoms with E-state index in [2.05, 4.69) is 10.6 Å². The maximum Gasteiger partial charge on any atom is 0.238 e. The van der Waals surface area contributed by atoms with Gasteiger partial charge in [0.25, 0.3) is 0 Å². The molecule has 0 aromatic heterocycles. The second-order valence-electron chi connectivity index (χ2n) is 4.69. The number of amides is 2. The standard InChI is InChI=1S/C14H19Cl2N3O2/c1-3-6-17-13(20)8-19(2)9-14(21)18-12-5-4-10(15)7-11(12)16/h4-5,7H,3,6,8-9H2,1-2H3,(H,17,20)(H,18,21). The molecule has 116 valence electrons. The van der Waals surface area contributed by atoms with Crippen LogP contribution in [0.1, 0.15) is 13.3 Å². The number of likely N-dealkylation sites (N-methyl/N-ethyl adjacent to an activating group) is 1. The summed E-state index contributed by atoms with van der Waals surface area (Å²) in [5, 5.41) is 6.31. The first-order chi connectivity index (χ1) is 9.92. The molecule has 2 N–H and O–H groups in total. The summed E-state index contributed by atoms with van der Waals surface area (Å²) in [6, 6.07) is 4.84. The number of hydrogen-bond donors (Lipinski definition) is 2. The van der Waals surface area contributed by atoms with Gasteiger partial charge in [0.1, 0.15) is 0 Å². The van der Waals surface area contributed by atoms with Crippen LogP contribution in [0.4, 0.5) is 5.69 Å². The van der Waals surface area contributed by atoms with Gasteiger partial charge in [-0.15, -0.1) is 0 Å². The van der Waals surface area contributed by atoms with Gasteiger partial charge in [-0.1, -0.05) is 30.1 Å². The molecule has 21 heavy (non-hydrogen) atoms. The molecule has 1 aromatic rings. The molecule has 0 saturated carbocycles. The fourth-order valence-electron chi connectivity index (χ4n) is 1.65. The molecule has 1 rings (SSSR count). The Hall–Kier alpha value is -1.30. The van der Waals surface area contributed by atoms with Gasteiger partial charge in [-0.05, 0) is 31.7 Å². The first-order valence-electron chi connectivity index (χ1n) is 6.62. The van der Waals surface area contributed by atoms with Crippen molar-refractivity contribution in [3.63, 3.8) is 0 Å². The van der Waals surface area contributed by atoms with Crippen LogP contribution in [-0.2, 0) is 9.59 Å². The number of halogens is 2. The van der Waals surface area contributed by atoms with Crippen molar-refractivity contribution in [3.8, 4) is 0 Å². The van der Waals surface area contributed by atoms with Crippen LogP contribution in [0.2, 0.25) is 10.0 Å². The number of rotatable bonds is 7. The molecule has 0 saturated heterocycles. The first kappa shape index (κ1) is 17.8. The van der Waals surface area contributed by atoms with E-state index in [1.165, 1.54) is 0 Å². The van der Waals surface area contributed by atoms with Crippen molar-refractivity contribution in [1.82, 2.24) is 10.2 Å². The Kier molecular flexibility index (Phi) is 7.50. The molecule has 0 aliphatic heterocycles. The lowest BCUT2D eigenvalue weighted by Crippen LogP contribution is -2.39. The molecule has 0 heterocycles. The van der Waals surface area contributed by atoms with Crippen LogP contribution in [0.15, 0.2) is 18.2 Å². The lowest BCUT2D eigenvalue weighted by molar-refractivity contribution is -0.122. The van der Waals surface area contributed by atoms with Crippen LogP contribution < -0.4 is 10.6 Å². The Morgan fingerprint density at radius 2 is 1.86 bits per heavy atom. The molecule has 0 spiro atoms. The van der Waals surface area contributed by atoms with Crippen LogP contribution in [-0.4, -0.2) is 43.4 Å². The number of carbonyl (C=O) groups excluding carboxylic acids is 2. The van der Waals surface area contributed by atoms with Crippen LogP contribution in [0.3, 0.4) is 0 Å². The maximum atomic E-state index is 11.9. The molecular formula is C14H19Cl2N3O2. The minimum atomic E-state index is -0.245. The smallest absolute Gasteiger partial charge is 0.238 e. The highest BCUT2D eigenvalue weighted by Gasteiger charge is 2.11. The average Bonchev–Trinajstić information content (AvgIpc) is 2.39. The highest BCUT2D eigenvalue weighted by molar-refractivity contribution is 6.36. The topological polar surface area (TPSA) is 61.4 Å². The van der Waals surface area contributed by atoms with Gasteiger partial charge in [-0.3, -0.25) is 14.5 Å². The van der Waals surface area contributed by atoms with E-state index in [0.29, 0.717) is 22.3 Å². The van der Waals surface area contributed by atoms with Gasteiger partial charge in [0.2, 0.25) is 11.8 Å². The Morgan fingerprint density at radius 3 is 2.48 bits per heavy atom. The van der Waals surface area contributed by atoms with Gasteiger partial charge in [0.05, 0.1) is 23.8 Å². The van der Waals surface area contributed by atoms with Crippen LogP contribution in [0, 0.1) is 0 Å². The Labute approximate surface area is 134 Å². The monoisotopic (exact) mass is 331 g/mol. The number of anilines is 1.